The molecule has 8 heteroatoms. The Labute approximate surface area is 215 Å². The molecular weight excluding hydrogens is 476 g/mol. The van der Waals surface area contributed by atoms with E-state index in [1.165, 1.54) is 5.56 Å². The van der Waals surface area contributed by atoms with Crippen molar-refractivity contribution in [1.29, 1.82) is 0 Å². The van der Waals surface area contributed by atoms with E-state index in [-0.39, 0.29) is 0 Å². The molecule has 1 aromatic heterocycles. The molecule has 0 aliphatic carbocycles. The van der Waals surface area contributed by atoms with Gasteiger partial charge in [0, 0.05) is 36.7 Å². The van der Waals surface area contributed by atoms with Crippen molar-refractivity contribution in [3.63, 3.8) is 0 Å². The number of nitrogen functional groups attached to an aromatic ring is 1. The minimum atomic E-state index is 0.733. The summed E-state index contributed by atoms with van der Waals surface area (Å²) in [6, 6.07) is 20.3. The molecule has 0 unspecified atom stereocenters. The number of aromatic nitrogens is 1. The van der Waals surface area contributed by atoms with Crippen molar-refractivity contribution >= 4 is 44.7 Å². The van der Waals surface area contributed by atoms with E-state index in [9.17, 15) is 0 Å². The van der Waals surface area contributed by atoms with Crippen LogP contribution < -0.4 is 20.5 Å². The van der Waals surface area contributed by atoms with E-state index in [0.717, 1.165) is 74.8 Å². The first-order valence-electron chi connectivity index (χ1n) is 11.5. The number of methoxy groups -OCH3 is 2. The van der Waals surface area contributed by atoms with Gasteiger partial charge in [-0.05, 0) is 61.1 Å². The van der Waals surface area contributed by atoms with Crippen molar-refractivity contribution in [3.05, 3.63) is 66.2 Å². The molecule has 0 fully saturated rings. The Hall–Kier alpha value is -2.94. The molecule has 0 saturated carbocycles. The van der Waals surface area contributed by atoms with E-state index in [1.54, 1.807) is 25.6 Å². The second-order valence-corrected chi connectivity index (χ2v) is 10.4. The lowest BCUT2D eigenvalue weighted by atomic mass is 10.2. The van der Waals surface area contributed by atoms with E-state index in [4.69, 9.17) is 20.2 Å². The zero-order chi connectivity index (χ0) is 24.6. The molecule has 0 aliphatic rings. The molecule has 0 spiro atoms. The van der Waals surface area contributed by atoms with Crippen molar-refractivity contribution in [3.8, 4) is 22.1 Å². The van der Waals surface area contributed by atoms with Crippen LogP contribution in [0.1, 0.15) is 5.56 Å². The average Bonchev–Trinajstić information content (AvgIpc) is 3.31. The summed E-state index contributed by atoms with van der Waals surface area (Å²) in [5, 5.41) is 4.43. The number of rotatable bonds is 12. The van der Waals surface area contributed by atoms with E-state index >= 15 is 0 Å². The molecule has 4 rings (SSSR count). The quantitative estimate of drug-likeness (QED) is 0.184. The number of ether oxygens (including phenoxy) is 2. The molecule has 3 aromatic carbocycles. The highest BCUT2D eigenvalue weighted by Crippen LogP contribution is 2.34. The second-order valence-electron chi connectivity index (χ2n) is 8.29. The fourth-order valence-electron chi connectivity index (χ4n) is 3.64. The molecule has 0 bridgehead atoms. The third kappa shape index (κ3) is 6.81. The normalized spacial score (nSPS) is 11.2. The van der Waals surface area contributed by atoms with Gasteiger partial charge in [0.05, 0.1) is 35.8 Å². The SMILES string of the molecule is COc1ccc(CSCCN(C)CCNc2ccc(-c3nc4ccc(OC)cc4s3)cc2N)cc1. The topological polar surface area (TPSA) is 72.6 Å². The maximum Gasteiger partial charge on any atom is 0.124 e. The summed E-state index contributed by atoms with van der Waals surface area (Å²) in [4.78, 5) is 7.09. The molecule has 0 saturated heterocycles. The summed E-state index contributed by atoms with van der Waals surface area (Å²) < 4.78 is 11.6. The molecule has 0 aliphatic heterocycles. The number of hydrogen-bond acceptors (Lipinski definition) is 8. The maximum absolute atomic E-state index is 6.36. The Balaban J connectivity index is 1.21. The highest BCUT2D eigenvalue weighted by Gasteiger charge is 2.10. The van der Waals surface area contributed by atoms with E-state index in [0.29, 0.717) is 0 Å². The van der Waals surface area contributed by atoms with Crippen LogP contribution in [0.15, 0.2) is 60.7 Å². The summed E-state index contributed by atoms with van der Waals surface area (Å²) in [6.07, 6.45) is 0. The Kier molecular flexibility index (Phi) is 8.74. The molecule has 4 aromatic rings. The highest BCUT2D eigenvalue weighted by atomic mass is 32.2. The van der Waals surface area contributed by atoms with Gasteiger partial charge in [0.25, 0.3) is 0 Å². The number of anilines is 2. The van der Waals surface area contributed by atoms with Crippen LogP contribution in [0.4, 0.5) is 11.4 Å². The van der Waals surface area contributed by atoms with E-state index in [2.05, 4.69) is 35.5 Å². The number of benzene rings is 3. The fourth-order valence-corrected chi connectivity index (χ4v) is 5.64. The Morgan fingerprint density at radius 2 is 1.74 bits per heavy atom. The maximum atomic E-state index is 6.36. The van der Waals surface area contributed by atoms with Crippen LogP contribution in [-0.2, 0) is 5.75 Å². The van der Waals surface area contributed by atoms with Crippen LogP contribution >= 0.6 is 23.1 Å². The third-order valence-electron chi connectivity index (χ3n) is 5.75. The highest BCUT2D eigenvalue weighted by molar-refractivity contribution is 7.98. The smallest absolute Gasteiger partial charge is 0.124 e. The van der Waals surface area contributed by atoms with Crippen molar-refractivity contribution in [2.45, 2.75) is 5.75 Å². The largest absolute Gasteiger partial charge is 0.497 e. The standard InChI is InChI=1S/C27H32N4O2S2/c1-31(14-15-34-18-19-4-7-21(32-2)8-5-19)13-12-29-24-10-6-20(16-23(24)28)27-30-25-11-9-22(33-3)17-26(25)35-27/h4-11,16-17,29H,12-15,18,28H2,1-3H3. The molecule has 0 radical (unpaired) electrons. The van der Waals surface area contributed by atoms with Gasteiger partial charge in [0.15, 0.2) is 0 Å². The lowest BCUT2D eigenvalue weighted by molar-refractivity contribution is 0.370. The first kappa shape index (κ1) is 25.2. The number of thiazole rings is 1. The van der Waals surface area contributed by atoms with Crippen molar-refractivity contribution in [2.75, 3.05) is 57.7 Å². The molecule has 184 valence electrons. The number of nitrogens with two attached hydrogens (primary N) is 1. The fraction of sp³-hybridized carbons (Fsp3) is 0.296. The molecule has 0 atom stereocenters. The second kappa shape index (κ2) is 12.2. The molecule has 0 amide bonds. The number of likely N-dealkylation sites (N-methyl/N-ethyl adjacent to an activating group) is 1. The molecule has 6 nitrogen and oxygen atoms in total. The molecule has 3 N–H and O–H groups in total. The molecule has 35 heavy (non-hydrogen) atoms. The molecule has 1 heterocycles. The average molecular weight is 509 g/mol. The van der Waals surface area contributed by atoms with Gasteiger partial charge in [-0.2, -0.15) is 11.8 Å². The van der Waals surface area contributed by atoms with Gasteiger partial charge < -0.3 is 25.4 Å². The van der Waals surface area contributed by atoms with E-state index < -0.39 is 0 Å². The summed E-state index contributed by atoms with van der Waals surface area (Å²) in [6.45, 7) is 2.83. The zero-order valence-electron chi connectivity index (χ0n) is 20.4. The minimum Gasteiger partial charge on any atom is -0.497 e. The van der Waals surface area contributed by atoms with Crippen LogP contribution in [0.3, 0.4) is 0 Å². The Morgan fingerprint density at radius 1 is 0.971 bits per heavy atom. The Bertz CT molecular complexity index is 1240. The predicted octanol–water partition coefficient (Wildman–Crippen LogP) is 5.84. The number of fused-ring (bicyclic) bond motifs is 1. The summed E-state index contributed by atoms with van der Waals surface area (Å²) in [5.41, 5.74) is 11.4. The van der Waals surface area contributed by atoms with Crippen molar-refractivity contribution in [2.24, 2.45) is 0 Å². The lowest BCUT2D eigenvalue weighted by Crippen LogP contribution is -2.27. The van der Waals surface area contributed by atoms with Crippen LogP contribution in [0.25, 0.3) is 20.8 Å². The van der Waals surface area contributed by atoms with Crippen LogP contribution in [0.5, 0.6) is 11.5 Å². The summed E-state index contributed by atoms with van der Waals surface area (Å²) in [5.74, 6) is 3.85. The van der Waals surface area contributed by atoms with E-state index in [1.807, 2.05) is 54.2 Å². The predicted molar refractivity (Wildman–Crippen MR) is 151 cm³/mol. The molecular formula is C27H32N4O2S2. The van der Waals surface area contributed by atoms with Crippen molar-refractivity contribution < 1.29 is 9.47 Å². The van der Waals surface area contributed by atoms with Crippen molar-refractivity contribution in [1.82, 2.24) is 9.88 Å². The number of nitrogens with one attached hydrogen (secondary N) is 1. The summed E-state index contributed by atoms with van der Waals surface area (Å²) in [7, 11) is 5.53. The van der Waals surface area contributed by atoms with Gasteiger partial charge in [-0.25, -0.2) is 4.98 Å². The van der Waals surface area contributed by atoms with Gasteiger partial charge in [-0.1, -0.05) is 12.1 Å². The van der Waals surface area contributed by atoms with Gasteiger partial charge >= 0.3 is 0 Å². The lowest BCUT2D eigenvalue weighted by Gasteiger charge is -2.18. The van der Waals surface area contributed by atoms with Gasteiger partial charge in [0.1, 0.15) is 16.5 Å². The van der Waals surface area contributed by atoms with Crippen LogP contribution in [-0.4, -0.2) is 56.5 Å². The van der Waals surface area contributed by atoms with Crippen LogP contribution in [0.2, 0.25) is 0 Å². The third-order valence-corrected chi connectivity index (χ3v) is 7.82. The first-order valence-corrected chi connectivity index (χ1v) is 13.5. The number of nitrogens with zero attached hydrogens (tertiary/aromatic N) is 2. The van der Waals surface area contributed by atoms with Gasteiger partial charge in [-0.3, -0.25) is 0 Å². The minimum absolute atomic E-state index is 0.733. The number of hydrogen-bond donors (Lipinski definition) is 2. The first-order chi connectivity index (χ1) is 17.1. The van der Waals surface area contributed by atoms with Gasteiger partial charge in [0.2, 0.25) is 0 Å². The van der Waals surface area contributed by atoms with Crippen LogP contribution in [0, 0.1) is 0 Å². The number of thioether (sulfide) groups is 1. The van der Waals surface area contributed by atoms with Gasteiger partial charge in [-0.15, -0.1) is 11.3 Å². The monoisotopic (exact) mass is 508 g/mol. The summed E-state index contributed by atoms with van der Waals surface area (Å²) >= 11 is 3.59. The zero-order valence-corrected chi connectivity index (χ0v) is 22.0. The Morgan fingerprint density at radius 3 is 2.49 bits per heavy atom.